The Labute approximate surface area is 131 Å². The molecule has 2 aliphatic heterocycles. The Balaban J connectivity index is 2.23. The number of nitro groups is 1. The summed E-state index contributed by atoms with van der Waals surface area (Å²) in [5, 5.41) is 18.4. The third-order valence-electron chi connectivity index (χ3n) is 3.75. The molecule has 1 atom stereocenters. The molecule has 1 unspecified atom stereocenters. The molecule has 0 spiro atoms. The summed E-state index contributed by atoms with van der Waals surface area (Å²) in [6, 6.07) is 5.83. The van der Waals surface area contributed by atoms with Crippen molar-refractivity contribution in [1.82, 2.24) is 4.90 Å². The number of carbonyl (C=O) groups excluding carboxylic acids is 2. The van der Waals surface area contributed by atoms with E-state index in [1.807, 2.05) is 0 Å². The molecular weight excluding hydrogens is 300 g/mol. The molecule has 0 saturated carbocycles. The van der Waals surface area contributed by atoms with Crippen LogP contribution in [0.25, 0.3) is 5.70 Å². The Hall–Kier alpha value is -3.16. The Morgan fingerprint density at radius 2 is 2.00 bits per heavy atom. The van der Waals surface area contributed by atoms with Crippen molar-refractivity contribution in [1.29, 1.82) is 0 Å². The van der Waals surface area contributed by atoms with Gasteiger partial charge in [0.1, 0.15) is 5.70 Å². The minimum Gasteiger partial charge on any atom is -0.312 e. The van der Waals surface area contributed by atoms with Gasteiger partial charge in [0.2, 0.25) is 5.91 Å². The van der Waals surface area contributed by atoms with Gasteiger partial charge in [-0.05, 0) is 0 Å². The molecule has 116 valence electrons. The van der Waals surface area contributed by atoms with Gasteiger partial charge in [0, 0.05) is 24.7 Å². The van der Waals surface area contributed by atoms with Crippen molar-refractivity contribution in [3.05, 3.63) is 57.3 Å². The van der Waals surface area contributed by atoms with Crippen molar-refractivity contribution in [3.63, 3.8) is 0 Å². The van der Waals surface area contributed by atoms with Gasteiger partial charge in [-0.1, -0.05) is 25.1 Å². The molecule has 0 bridgehead atoms. The van der Waals surface area contributed by atoms with E-state index in [2.05, 4.69) is 10.2 Å². The van der Waals surface area contributed by atoms with E-state index < -0.39 is 16.7 Å². The summed E-state index contributed by atoms with van der Waals surface area (Å²) >= 11 is 0. The topological polar surface area (TPSA) is 105 Å². The molecule has 3 rings (SSSR count). The summed E-state index contributed by atoms with van der Waals surface area (Å²) in [5.74, 6) is -1.15. The third kappa shape index (κ3) is 2.33. The molecular formula is C15H12N4O4. The van der Waals surface area contributed by atoms with Crippen LogP contribution in [0.4, 0.5) is 5.69 Å². The number of nitro benzene ring substituents is 1. The predicted molar refractivity (Wildman–Crippen MR) is 79.9 cm³/mol. The molecule has 2 heterocycles. The van der Waals surface area contributed by atoms with Crippen LogP contribution in [-0.2, 0) is 9.59 Å². The second-order valence-corrected chi connectivity index (χ2v) is 5.28. The van der Waals surface area contributed by atoms with E-state index in [9.17, 15) is 19.7 Å². The fraction of sp³-hybridized carbons (Fsp3) is 0.200. The number of amides is 2. The first-order valence-corrected chi connectivity index (χ1v) is 6.85. The highest BCUT2D eigenvalue weighted by Gasteiger charge is 2.35. The number of likely N-dealkylation sites (N-methyl/N-ethyl adjacent to an activating group) is 1. The van der Waals surface area contributed by atoms with E-state index in [0.717, 1.165) is 0 Å². The monoisotopic (exact) mass is 312 g/mol. The zero-order chi connectivity index (χ0) is 16.7. The number of hydrogen-bond donors (Lipinski definition) is 0. The lowest BCUT2D eigenvalue weighted by Crippen LogP contribution is -2.37. The average molecular weight is 312 g/mol. The van der Waals surface area contributed by atoms with Gasteiger partial charge in [-0.15, -0.1) is 10.2 Å². The van der Waals surface area contributed by atoms with Crippen LogP contribution in [0.15, 0.2) is 51.8 Å². The first-order valence-electron chi connectivity index (χ1n) is 6.85. The maximum Gasteiger partial charge on any atom is 0.297 e. The molecule has 0 aromatic heterocycles. The van der Waals surface area contributed by atoms with E-state index in [4.69, 9.17) is 0 Å². The molecule has 0 aliphatic carbocycles. The minimum atomic E-state index is -0.527. The Morgan fingerprint density at radius 1 is 1.26 bits per heavy atom. The fourth-order valence-electron chi connectivity index (χ4n) is 2.61. The van der Waals surface area contributed by atoms with Crippen LogP contribution < -0.4 is 0 Å². The second-order valence-electron chi connectivity index (χ2n) is 5.28. The normalized spacial score (nSPS) is 20.5. The first kappa shape index (κ1) is 14.8. The molecule has 8 nitrogen and oxygen atoms in total. The van der Waals surface area contributed by atoms with Crippen LogP contribution >= 0.6 is 0 Å². The highest BCUT2D eigenvalue weighted by molar-refractivity contribution is 6.06. The van der Waals surface area contributed by atoms with Crippen molar-refractivity contribution in [2.75, 3.05) is 7.05 Å². The number of non-ortho nitro benzene ring substituents is 1. The number of hydrogen-bond acceptors (Lipinski definition) is 5. The standard InChI is InChI=1S/C15H12N4O4/c1-8-6-11-13(18(2)15(8)21)12(16-17-14(11)20)9-4-3-5-10(7-9)19(22)23/h3-8H,1-2H3. The van der Waals surface area contributed by atoms with Crippen LogP contribution in [-0.4, -0.2) is 28.7 Å². The summed E-state index contributed by atoms with van der Waals surface area (Å²) < 4.78 is 0. The van der Waals surface area contributed by atoms with E-state index in [1.54, 1.807) is 26.1 Å². The predicted octanol–water partition coefficient (Wildman–Crippen LogP) is 2.29. The number of nitrogens with zero attached hydrogens (tertiary/aromatic N) is 4. The van der Waals surface area contributed by atoms with Gasteiger partial charge < -0.3 is 4.90 Å². The van der Waals surface area contributed by atoms with E-state index in [0.29, 0.717) is 11.3 Å². The summed E-state index contributed by atoms with van der Waals surface area (Å²) in [7, 11) is 1.55. The molecule has 1 aromatic carbocycles. The lowest BCUT2D eigenvalue weighted by atomic mass is 9.94. The van der Waals surface area contributed by atoms with Crippen molar-refractivity contribution in [3.8, 4) is 0 Å². The van der Waals surface area contributed by atoms with Crippen LogP contribution in [0.5, 0.6) is 0 Å². The number of rotatable bonds is 2. The smallest absolute Gasteiger partial charge is 0.297 e. The van der Waals surface area contributed by atoms with E-state index in [-0.39, 0.29) is 22.9 Å². The van der Waals surface area contributed by atoms with Crippen LogP contribution in [0.2, 0.25) is 0 Å². The molecule has 1 aromatic rings. The van der Waals surface area contributed by atoms with Gasteiger partial charge in [-0.25, -0.2) is 0 Å². The molecule has 2 amide bonds. The first-order chi connectivity index (χ1) is 10.9. The summed E-state index contributed by atoms with van der Waals surface area (Å²) in [6.07, 6.45) is 1.55. The van der Waals surface area contributed by atoms with Gasteiger partial charge in [0.05, 0.1) is 22.1 Å². The summed E-state index contributed by atoms with van der Waals surface area (Å²) in [5.41, 5.74) is 1.20. The van der Waals surface area contributed by atoms with Gasteiger partial charge in [0.15, 0.2) is 0 Å². The number of carbonyl (C=O) groups is 2. The highest BCUT2D eigenvalue weighted by atomic mass is 16.6. The lowest BCUT2D eigenvalue weighted by Gasteiger charge is -2.31. The molecule has 23 heavy (non-hydrogen) atoms. The molecule has 0 radical (unpaired) electrons. The summed E-state index contributed by atoms with van der Waals surface area (Å²) in [4.78, 5) is 35.9. The molecule has 0 fully saturated rings. The number of azo groups is 1. The van der Waals surface area contributed by atoms with Gasteiger partial charge >= 0.3 is 0 Å². The molecule has 0 N–H and O–H groups in total. The summed E-state index contributed by atoms with van der Waals surface area (Å²) in [6.45, 7) is 1.69. The molecule has 0 saturated heterocycles. The van der Waals surface area contributed by atoms with Crippen molar-refractivity contribution in [2.45, 2.75) is 6.92 Å². The molecule has 2 aliphatic rings. The third-order valence-corrected chi connectivity index (χ3v) is 3.75. The number of benzene rings is 1. The van der Waals surface area contributed by atoms with Crippen molar-refractivity contribution >= 4 is 23.2 Å². The van der Waals surface area contributed by atoms with Crippen LogP contribution in [0, 0.1) is 16.0 Å². The van der Waals surface area contributed by atoms with Gasteiger partial charge in [-0.3, -0.25) is 19.7 Å². The van der Waals surface area contributed by atoms with E-state index in [1.165, 1.54) is 23.1 Å². The van der Waals surface area contributed by atoms with Gasteiger partial charge in [0.25, 0.3) is 11.6 Å². The average Bonchev–Trinajstić information content (AvgIpc) is 2.54. The maximum absolute atomic E-state index is 12.2. The van der Waals surface area contributed by atoms with Crippen LogP contribution in [0.3, 0.4) is 0 Å². The van der Waals surface area contributed by atoms with Gasteiger partial charge in [-0.2, -0.15) is 0 Å². The quantitative estimate of drug-likeness (QED) is 0.617. The maximum atomic E-state index is 12.2. The largest absolute Gasteiger partial charge is 0.312 e. The second kappa shape index (κ2) is 5.24. The lowest BCUT2D eigenvalue weighted by molar-refractivity contribution is -0.384. The Bertz CT molecular complexity index is 838. The zero-order valence-electron chi connectivity index (χ0n) is 12.4. The van der Waals surface area contributed by atoms with Crippen molar-refractivity contribution < 1.29 is 14.5 Å². The minimum absolute atomic E-state index is 0.105. The molecule has 8 heteroatoms. The SMILES string of the molecule is CC1C=C2C(=O)N=NC(c3cccc([N+](=O)[O-])c3)=C2N(C)C1=O. The number of fused-ring (bicyclic) bond motifs is 1. The highest BCUT2D eigenvalue weighted by Crippen LogP contribution is 2.36. The van der Waals surface area contributed by atoms with Crippen molar-refractivity contribution in [2.24, 2.45) is 16.1 Å². The van der Waals surface area contributed by atoms with E-state index >= 15 is 0 Å². The Morgan fingerprint density at radius 3 is 2.70 bits per heavy atom. The zero-order valence-corrected chi connectivity index (χ0v) is 12.4. The van der Waals surface area contributed by atoms with Crippen LogP contribution in [0.1, 0.15) is 12.5 Å². The Kier molecular flexibility index (Phi) is 3.36. The fourth-order valence-corrected chi connectivity index (χ4v) is 2.61.